The van der Waals surface area contributed by atoms with Gasteiger partial charge in [0.2, 0.25) is 0 Å². The lowest BCUT2D eigenvalue weighted by Gasteiger charge is -2.15. The number of nitrogens with zero attached hydrogens (tertiary/aromatic N) is 1. The van der Waals surface area contributed by atoms with Crippen molar-refractivity contribution in [3.8, 4) is 11.5 Å². The number of rotatable bonds is 7. The molecule has 1 fully saturated rings. The summed E-state index contributed by atoms with van der Waals surface area (Å²) in [7, 11) is 0. The highest BCUT2D eigenvalue weighted by atomic mass is 79.9. The average Bonchev–Trinajstić information content (AvgIpc) is 3.08. The van der Waals surface area contributed by atoms with Crippen molar-refractivity contribution in [2.75, 3.05) is 11.5 Å². The standard InChI is InChI=1S/C25H20BrFN2O4/c1-2-32-22-14-17(12-20(26)23(22)33-15-16-8-10-18(27)11-9-16)13-21-24(30)29(25(31)28-21)19-6-4-3-5-7-19/h3-14H,2,15H2,1H3,(H,28,31)/b21-13+. The van der Waals surface area contributed by atoms with Crippen LogP contribution < -0.4 is 19.7 Å². The number of carbonyl (C=O) groups excluding carboxylic acids is 2. The minimum atomic E-state index is -0.513. The van der Waals surface area contributed by atoms with E-state index in [2.05, 4.69) is 21.2 Å². The third-order valence-corrected chi connectivity index (χ3v) is 5.42. The summed E-state index contributed by atoms with van der Waals surface area (Å²) in [6.07, 6.45) is 1.58. The first-order valence-corrected chi connectivity index (χ1v) is 11.0. The van der Waals surface area contributed by atoms with Gasteiger partial charge < -0.3 is 14.8 Å². The van der Waals surface area contributed by atoms with Crippen LogP contribution in [0.25, 0.3) is 6.08 Å². The zero-order chi connectivity index (χ0) is 23.4. The van der Waals surface area contributed by atoms with Crippen molar-refractivity contribution in [3.63, 3.8) is 0 Å². The maximum atomic E-state index is 13.1. The third kappa shape index (κ3) is 5.06. The Morgan fingerprint density at radius 3 is 2.45 bits per heavy atom. The molecule has 1 heterocycles. The minimum absolute atomic E-state index is 0.151. The number of urea groups is 1. The Morgan fingerprint density at radius 2 is 1.76 bits per heavy atom. The predicted molar refractivity (Wildman–Crippen MR) is 126 cm³/mol. The van der Waals surface area contributed by atoms with E-state index < -0.39 is 11.9 Å². The first kappa shape index (κ1) is 22.5. The van der Waals surface area contributed by atoms with Crippen molar-refractivity contribution in [1.82, 2.24) is 5.32 Å². The number of nitrogens with one attached hydrogen (secondary N) is 1. The molecule has 3 amide bonds. The lowest BCUT2D eigenvalue weighted by Crippen LogP contribution is -2.30. The largest absolute Gasteiger partial charge is 0.490 e. The van der Waals surface area contributed by atoms with Gasteiger partial charge in [0.05, 0.1) is 16.8 Å². The van der Waals surface area contributed by atoms with Gasteiger partial charge in [0.1, 0.15) is 18.1 Å². The predicted octanol–water partition coefficient (Wildman–Crippen LogP) is 5.66. The minimum Gasteiger partial charge on any atom is -0.490 e. The molecule has 0 bridgehead atoms. The molecule has 0 saturated carbocycles. The Hall–Kier alpha value is -3.65. The Kier molecular flexibility index (Phi) is 6.74. The molecule has 1 N–H and O–H groups in total. The van der Waals surface area contributed by atoms with E-state index in [4.69, 9.17) is 9.47 Å². The zero-order valence-corrected chi connectivity index (χ0v) is 19.3. The number of anilines is 1. The van der Waals surface area contributed by atoms with E-state index in [0.29, 0.717) is 33.8 Å². The lowest BCUT2D eigenvalue weighted by atomic mass is 10.1. The number of hydrogen-bond donors (Lipinski definition) is 1. The van der Waals surface area contributed by atoms with Gasteiger partial charge >= 0.3 is 6.03 Å². The molecule has 0 atom stereocenters. The van der Waals surface area contributed by atoms with Crippen LogP contribution in [0.3, 0.4) is 0 Å². The fraction of sp³-hybridized carbons (Fsp3) is 0.120. The van der Waals surface area contributed by atoms with Crippen molar-refractivity contribution in [2.24, 2.45) is 0 Å². The van der Waals surface area contributed by atoms with Gasteiger partial charge in [-0.3, -0.25) is 4.79 Å². The van der Waals surface area contributed by atoms with Crippen LogP contribution in [0.15, 0.2) is 76.9 Å². The Morgan fingerprint density at radius 1 is 1.03 bits per heavy atom. The summed E-state index contributed by atoms with van der Waals surface area (Å²) in [5, 5.41) is 2.62. The molecule has 1 aliphatic heterocycles. The van der Waals surface area contributed by atoms with E-state index in [1.807, 2.05) is 13.0 Å². The second kappa shape index (κ2) is 9.87. The van der Waals surface area contributed by atoms with Gasteiger partial charge in [0.25, 0.3) is 5.91 Å². The number of ether oxygens (including phenoxy) is 2. The van der Waals surface area contributed by atoms with E-state index in [1.165, 1.54) is 12.1 Å². The summed E-state index contributed by atoms with van der Waals surface area (Å²) in [4.78, 5) is 26.3. The maximum Gasteiger partial charge on any atom is 0.333 e. The molecule has 0 unspecified atom stereocenters. The van der Waals surface area contributed by atoms with Gasteiger partial charge in [-0.25, -0.2) is 14.1 Å². The zero-order valence-electron chi connectivity index (χ0n) is 17.7. The molecular weight excluding hydrogens is 491 g/mol. The van der Waals surface area contributed by atoms with Gasteiger partial charge in [-0.2, -0.15) is 0 Å². The van der Waals surface area contributed by atoms with Gasteiger partial charge in [-0.05, 0) is 76.5 Å². The molecule has 0 spiro atoms. The fourth-order valence-electron chi connectivity index (χ4n) is 3.32. The Balaban J connectivity index is 1.59. The average molecular weight is 511 g/mol. The number of carbonyl (C=O) groups is 2. The van der Waals surface area contributed by atoms with Crippen LogP contribution in [-0.2, 0) is 11.4 Å². The second-order valence-electron chi connectivity index (χ2n) is 7.14. The molecule has 33 heavy (non-hydrogen) atoms. The normalized spacial score (nSPS) is 14.5. The van der Waals surface area contributed by atoms with Crippen LogP contribution in [0.5, 0.6) is 11.5 Å². The quantitative estimate of drug-likeness (QED) is 0.328. The van der Waals surface area contributed by atoms with E-state index in [0.717, 1.165) is 10.5 Å². The summed E-state index contributed by atoms with van der Waals surface area (Å²) in [6.45, 7) is 2.47. The summed E-state index contributed by atoms with van der Waals surface area (Å²) in [5.41, 5.74) is 2.08. The van der Waals surface area contributed by atoms with Gasteiger partial charge in [0.15, 0.2) is 11.5 Å². The molecule has 8 heteroatoms. The highest BCUT2D eigenvalue weighted by molar-refractivity contribution is 9.10. The number of amides is 3. The Bertz CT molecular complexity index is 1210. The molecule has 0 radical (unpaired) electrons. The number of imide groups is 1. The van der Waals surface area contributed by atoms with Gasteiger partial charge in [-0.15, -0.1) is 0 Å². The third-order valence-electron chi connectivity index (χ3n) is 4.83. The van der Waals surface area contributed by atoms with Crippen LogP contribution in [0.2, 0.25) is 0 Å². The number of benzene rings is 3. The molecule has 1 aliphatic rings. The van der Waals surface area contributed by atoms with Crippen LogP contribution in [0.4, 0.5) is 14.9 Å². The summed E-state index contributed by atoms with van der Waals surface area (Å²) >= 11 is 3.50. The van der Waals surface area contributed by atoms with E-state index in [9.17, 15) is 14.0 Å². The van der Waals surface area contributed by atoms with Crippen molar-refractivity contribution in [2.45, 2.75) is 13.5 Å². The Labute approximate surface area is 198 Å². The monoisotopic (exact) mass is 510 g/mol. The molecule has 4 rings (SSSR count). The molecular formula is C25H20BrFN2O4. The number of hydrogen-bond acceptors (Lipinski definition) is 4. The summed E-state index contributed by atoms with van der Waals surface area (Å²) < 4.78 is 25.4. The van der Waals surface area contributed by atoms with Crippen molar-refractivity contribution >= 4 is 39.6 Å². The van der Waals surface area contributed by atoms with Gasteiger partial charge in [0, 0.05) is 0 Å². The topological polar surface area (TPSA) is 67.9 Å². The first-order valence-electron chi connectivity index (χ1n) is 10.2. The van der Waals surface area contributed by atoms with E-state index in [-0.39, 0.29) is 18.1 Å². The molecule has 6 nitrogen and oxygen atoms in total. The van der Waals surface area contributed by atoms with Gasteiger partial charge in [-0.1, -0.05) is 30.3 Å². The van der Waals surface area contributed by atoms with E-state index in [1.54, 1.807) is 54.6 Å². The van der Waals surface area contributed by atoms with E-state index >= 15 is 0 Å². The van der Waals surface area contributed by atoms with Crippen LogP contribution >= 0.6 is 15.9 Å². The lowest BCUT2D eigenvalue weighted by molar-refractivity contribution is -0.113. The highest BCUT2D eigenvalue weighted by Gasteiger charge is 2.34. The highest BCUT2D eigenvalue weighted by Crippen LogP contribution is 2.38. The van der Waals surface area contributed by atoms with Crippen molar-refractivity contribution in [1.29, 1.82) is 0 Å². The van der Waals surface area contributed by atoms with Crippen molar-refractivity contribution in [3.05, 3.63) is 93.8 Å². The summed E-state index contributed by atoms with van der Waals surface area (Å²) in [5.74, 6) is 0.192. The molecule has 168 valence electrons. The molecule has 0 aliphatic carbocycles. The smallest absolute Gasteiger partial charge is 0.333 e. The van der Waals surface area contributed by atoms with Crippen LogP contribution in [-0.4, -0.2) is 18.5 Å². The maximum absolute atomic E-state index is 13.1. The second-order valence-corrected chi connectivity index (χ2v) is 8.00. The van der Waals surface area contributed by atoms with Crippen LogP contribution in [0, 0.1) is 5.82 Å². The SMILES string of the molecule is CCOc1cc(/C=C2/NC(=O)N(c3ccccc3)C2=O)cc(Br)c1OCc1ccc(F)cc1. The number of halogens is 2. The molecule has 0 aromatic heterocycles. The fourth-order valence-corrected chi connectivity index (χ4v) is 3.90. The van der Waals surface area contributed by atoms with Crippen LogP contribution in [0.1, 0.15) is 18.1 Å². The molecule has 3 aromatic rings. The van der Waals surface area contributed by atoms with Crippen molar-refractivity contribution < 1.29 is 23.5 Å². The molecule has 1 saturated heterocycles. The summed E-state index contributed by atoms with van der Waals surface area (Å²) in [6, 6.07) is 17.7. The number of para-hydroxylation sites is 1. The first-order chi connectivity index (χ1) is 16.0. The molecule has 3 aromatic carbocycles.